The lowest BCUT2D eigenvalue weighted by Gasteiger charge is -2.46. The Kier molecular flexibility index (Phi) is 6.44. The molecule has 0 aromatic rings. The zero-order valence-electron chi connectivity index (χ0n) is 17.3. The van der Waals surface area contributed by atoms with Crippen molar-refractivity contribution < 1.29 is 14.3 Å². The molecule has 3 heterocycles. The first kappa shape index (κ1) is 20.0. The third-order valence-corrected chi connectivity index (χ3v) is 7.41. The molecule has 1 unspecified atom stereocenters. The van der Waals surface area contributed by atoms with Gasteiger partial charge in [-0.2, -0.15) is 0 Å². The van der Waals surface area contributed by atoms with Gasteiger partial charge in [0.25, 0.3) is 0 Å². The van der Waals surface area contributed by atoms with Crippen molar-refractivity contribution in [3.8, 4) is 0 Å². The quantitative estimate of drug-likeness (QED) is 0.803. The smallest absolute Gasteiger partial charge is 0.317 e. The highest BCUT2D eigenvalue weighted by Gasteiger charge is 2.42. The van der Waals surface area contributed by atoms with Gasteiger partial charge in [-0.1, -0.05) is 19.3 Å². The maximum absolute atomic E-state index is 12.6. The summed E-state index contributed by atoms with van der Waals surface area (Å²) < 4.78 is 6.24. The predicted molar refractivity (Wildman–Crippen MR) is 108 cm³/mol. The van der Waals surface area contributed by atoms with Gasteiger partial charge in [0.05, 0.1) is 5.60 Å². The molecule has 0 radical (unpaired) electrons. The van der Waals surface area contributed by atoms with Crippen molar-refractivity contribution in [2.75, 3.05) is 32.8 Å². The van der Waals surface area contributed by atoms with Crippen LogP contribution in [-0.2, 0) is 9.53 Å². The summed E-state index contributed by atoms with van der Waals surface area (Å²) in [5.41, 5.74) is -0.115. The lowest BCUT2D eigenvalue weighted by atomic mass is 9.78. The first-order valence-electron chi connectivity index (χ1n) is 11.6. The molecule has 28 heavy (non-hydrogen) atoms. The Balaban J connectivity index is 1.24. The summed E-state index contributed by atoms with van der Waals surface area (Å²) in [5.74, 6) is 0.772. The number of amides is 3. The minimum atomic E-state index is -0.115. The van der Waals surface area contributed by atoms with Gasteiger partial charge in [-0.15, -0.1) is 0 Å². The van der Waals surface area contributed by atoms with Crippen molar-refractivity contribution in [1.82, 2.24) is 15.1 Å². The van der Waals surface area contributed by atoms with Crippen molar-refractivity contribution in [2.45, 2.75) is 88.7 Å². The van der Waals surface area contributed by atoms with Crippen molar-refractivity contribution in [1.29, 1.82) is 0 Å². The van der Waals surface area contributed by atoms with Gasteiger partial charge in [0, 0.05) is 45.2 Å². The molecule has 3 amide bonds. The molecule has 6 nitrogen and oxygen atoms in total. The molecule has 1 atom stereocenters. The van der Waals surface area contributed by atoms with Crippen LogP contribution in [-0.4, -0.2) is 66.2 Å². The van der Waals surface area contributed by atoms with Crippen LogP contribution in [0.3, 0.4) is 0 Å². The van der Waals surface area contributed by atoms with Crippen LogP contribution in [0.1, 0.15) is 77.0 Å². The summed E-state index contributed by atoms with van der Waals surface area (Å²) in [4.78, 5) is 29.2. The Morgan fingerprint density at radius 2 is 1.61 bits per heavy atom. The van der Waals surface area contributed by atoms with E-state index in [0.717, 1.165) is 84.2 Å². The van der Waals surface area contributed by atoms with Crippen molar-refractivity contribution >= 4 is 11.9 Å². The van der Waals surface area contributed by atoms with Crippen LogP contribution in [0.2, 0.25) is 0 Å². The van der Waals surface area contributed by atoms with E-state index in [-0.39, 0.29) is 11.6 Å². The standard InChI is InChI=1S/C22H37N3O3/c26-20(24-11-4-5-12-24)16-18-8-15-28-22(17-18)9-13-25(14-10-22)21(27)23-19-6-2-1-3-7-19/h18-19H,1-17H2,(H,23,27). The van der Waals surface area contributed by atoms with Crippen molar-refractivity contribution in [3.63, 3.8) is 0 Å². The van der Waals surface area contributed by atoms with E-state index in [0.29, 0.717) is 24.3 Å². The fraction of sp³-hybridized carbons (Fsp3) is 0.909. The summed E-state index contributed by atoms with van der Waals surface area (Å²) in [5, 5.41) is 3.24. The molecule has 0 aromatic heterocycles. The molecule has 1 saturated carbocycles. The predicted octanol–water partition coefficient (Wildman–Crippen LogP) is 3.30. The fourth-order valence-corrected chi connectivity index (χ4v) is 5.62. The number of ether oxygens (including phenoxy) is 1. The average molecular weight is 392 g/mol. The number of hydrogen-bond donors (Lipinski definition) is 1. The second-order valence-corrected chi connectivity index (χ2v) is 9.45. The van der Waals surface area contributed by atoms with Gasteiger partial charge in [0.15, 0.2) is 0 Å². The number of urea groups is 1. The van der Waals surface area contributed by atoms with E-state index >= 15 is 0 Å². The molecule has 0 aromatic carbocycles. The van der Waals surface area contributed by atoms with Gasteiger partial charge in [-0.3, -0.25) is 4.79 Å². The van der Waals surface area contributed by atoms with E-state index < -0.39 is 0 Å². The summed E-state index contributed by atoms with van der Waals surface area (Å²) in [7, 11) is 0. The molecule has 1 spiro atoms. The maximum Gasteiger partial charge on any atom is 0.317 e. The number of likely N-dealkylation sites (tertiary alicyclic amines) is 2. The molecule has 6 heteroatoms. The van der Waals surface area contributed by atoms with Gasteiger partial charge in [0.2, 0.25) is 5.91 Å². The molecule has 1 N–H and O–H groups in total. The molecule has 158 valence electrons. The molecule has 3 saturated heterocycles. The van der Waals surface area contributed by atoms with E-state index in [1.165, 1.54) is 19.3 Å². The van der Waals surface area contributed by atoms with Gasteiger partial charge >= 0.3 is 6.03 Å². The Labute approximate surface area is 169 Å². The van der Waals surface area contributed by atoms with E-state index in [1.807, 2.05) is 9.80 Å². The molecule has 1 aliphatic carbocycles. The fourth-order valence-electron chi connectivity index (χ4n) is 5.62. The van der Waals surface area contributed by atoms with E-state index in [9.17, 15) is 9.59 Å². The van der Waals surface area contributed by atoms with Crippen LogP contribution in [0.5, 0.6) is 0 Å². The zero-order valence-corrected chi connectivity index (χ0v) is 17.3. The minimum absolute atomic E-state index is 0.110. The monoisotopic (exact) mass is 391 g/mol. The third kappa shape index (κ3) is 4.81. The summed E-state index contributed by atoms with van der Waals surface area (Å²) in [6, 6.07) is 0.474. The summed E-state index contributed by atoms with van der Waals surface area (Å²) in [6.07, 6.45) is 12.8. The lowest BCUT2D eigenvalue weighted by molar-refractivity contribution is -0.139. The van der Waals surface area contributed by atoms with Crippen LogP contribution in [0.15, 0.2) is 0 Å². The van der Waals surface area contributed by atoms with Gasteiger partial charge in [0.1, 0.15) is 0 Å². The van der Waals surface area contributed by atoms with Crippen LogP contribution in [0.4, 0.5) is 4.79 Å². The van der Waals surface area contributed by atoms with Crippen LogP contribution < -0.4 is 5.32 Å². The normalized spacial score (nSPS) is 28.5. The number of rotatable bonds is 3. The summed E-state index contributed by atoms with van der Waals surface area (Å²) >= 11 is 0. The highest BCUT2D eigenvalue weighted by atomic mass is 16.5. The molecule has 4 aliphatic rings. The Bertz CT molecular complexity index is 547. The Hall–Kier alpha value is -1.30. The largest absolute Gasteiger partial charge is 0.375 e. The number of nitrogens with zero attached hydrogens (tertiary/aromatic N) is 2. The molecule has 3 aliphatic heterocycles. The van der Waals surface area contributed by atoms with Gasteiger partial charge < -0.3 is 19.9 Å². The second-order valence-electron chi connectivity index (χ2n) is 9.45. The topological polar surface area (TPSA) is 61.9 Å². The molecule has 4 rings (SSSR count). The lowest BCUT2D eigenvalue weighted by Crippen LogP contribution is -2.54. The van der Waals surface area contributed by atoms with Crippen molar-refractivity contribution in [3.05, 3.63) is 0 Å². The third-order valence-electron chi connectivity index (χ3n) is 7.41. The van der Waals surface area contributed by atoms with Crippen LogP contribution >= 0.6 is 0 Å². The highest BCUT2D eigenvalue weighted by Crippen LogP contribution is 2.39. The SMILES string of the molecule is O=C(CC1CCOC2(CCN(C(=O)NC3CCCCC3)CC2)C1)N1CCCC1. The molecule has 0 bridgehead atoms. The molecule has 4 fully saturated rings. The number of piperidine rings is 1. The number of hydrogen-bond acceptors (Lipinski definition) is 3. The zero-order chi connectivity index (χ0) is 19.4. The number of carbonyl (C=O) groups is 2. The van der Waals surface area contributed by atoms with E-state index in [1.54, 1.807) is 0 Å². The van der Waals surface area contributed by atoms with Crippen molar-refractivity contribution in [2.24, 2.45) is 5.92 Å². The van der Waals surface area contributed by atoms with Gasteiger partial charge in [-0.25, -0.2) is 4.79 Å². The minimum Gasteiger partial charge on any atom is -0.375 e. The second kappa shape index (κ2) is 9.02. The molecular weight excluding hydrogens is 354 g/mol. The summed E-state index contributed by atoms with van der Waals surface area (Å²) in [6.45, 7) is 4.18. The average Bonchev–Trinajstić information content (AvgIpc) is 3.24. The number of nitrogens with one attached hydrogen (secondary N) is 1. The maximum atomic E-state index is 12.6. The Morgan fingerprint density at radius 1 is 0.893 bits per heavy atom. The number of carbonyl (C=O) groups excluding carboxylic acids is 2. The van der Waals surface area contributed by atoms with E-state index in [2.05, 4.69) is 5.32 Å². The first-order valence-corrected chi connectivity index (χ1v) is 11.6. The Morgan fingerprint density at radius 3 is 2.32 bits per heavy atom. The van der Waals surface area contributed by atoms with Crippen LogP contribution in [0.25, 0.3) is 0 Å². The first-order chi connectivity index (χ1) is 13.6. The van der Waals surface area contributed by atoms with E-state index in [4.69, 9.17) is 4.74 Å². The highest BCUT2D eigenvalue weighted by molar-refractivity contribution is 5.76. The molecular formula is C22H37N3O3. The van der Waals surface area contributed by atoms with Gasteiger partial charge in [-0.05, 0) is 57.3 Å². The van der Waals surface area contributed by atoms with Crippen LogP contribution in [0, 0.1) is 5.92 Å².